The van der Waals surface area contributed by atoms with Crippen LogP contribution in [0.3, 0.4) is 0 Å². The number of rotatable bonds is 0. The Morgan fingerprint density at radius 1 is 1.43 bits per heavy atom. The molecule has 0 amide bonds. The Kier molecular flexibility index (Phi) is 1.27. The minimum atomic E-state index is 0.378. The molecular formula is C8H7N5O. The van der Waals surface area contributed by atoms with Crippen LogP contribution in [0.25, 0.3) is 5.69 Å². The number of nitrogens with two attached hydrogens (primary N) is 1. The maximum atomic E-state index is 5.64. The van der Waals surface area contributed by atoms with Crippen LogP contribution in [0.1, 0.15) is 5.82 Å². The molecule has 0 fully saturated rings. The van der Waals surface area contributed by atoms with Crippen LogP contribution in [0.15, 0.2) is 18.2 Å². The van der Waals surface area contributed by atoms with Crippen LogP contribution in [-0.2, 0) is 6.61 Å². The molecule has 0 atom stereocenters. The largest absolute Gasteiger partial charge is 0.483 e. The Labute approximate surface area is 79.3 Å². The molecule has 1 aromatic carbocycles. The van der Waals surface area contributed by atoms with E-state index in [9.17, 15) is 0 Å². The van der Waals surface area contributed by atoms with Crippen molar-refractivity contribution >= 4 is 5.69 Å². The van der Waals surface area contributed by atoms with Gasteiger partial charge in [0.2, 0.25) is 0 Å². The predicted octanol–water partition coefficient (Wildman–Crippen LogP) is 0.137. The van der Waals surface area contributed by atoms with Gasteiger partial charge in [0.1, 0.15) is 18.0 Å². The van der Waals surface area contributed by atoms with Crippen molar-refractivity contribution in [1.82, 2.24) is 20.2 Å². The minimum Gasteiger partial charge on any atom is -0.483 e. The number of hydrogen-bond donors (Lipinski definition) is 1. The number of hydrogen-bond acceptors (Lipinski definition) is 5. The molecule has 0 bridgehead atoms. The van der Waals surface area contributed by atoms with Gasteiger partial charge < -0.3 is 10.5 Å². The van der Waals surface area contributed by atoms with E-state index in [4.69, 9.17) is 10.5 Å². The quantitative estimate of drug-likeness (QED) is 0.596. The van der Waals surface area contributed by atoms with Gasteiger partial charge in [0.05, 0.1) is 0 Å². The summed E-state index contributed by atoms with van der Waals surface area (Å²) in [5.41, 5.74) is 7.13. The molecule has 0 aliphatic carbocycles. The summed E-state index contributed by atoms with van der Waals surface area (Å²) in [5, 5.41) is 11.3. The second-order valence-corrected chi connectivity index (χ2v) is 3.02. The summed E-state index contributed by atoms with van der Waals surface area (Å²) in [6, 6.07) is 5.39. The first-order valence-corrected chi connectivity index (χ1v) is 4.14. The van der Waals surface area contributed by atoms with Gasteiger partial charge in [-0.15, -0.1) is 5.10 Å². The first-order chi connectivity index (χ1) is 6.84. The second-order valence-electron chi connectivity index (χ2n) is 3.02. The molecule has 6 nitrogen and oxygen atoms in total. The third-order valence-electron chi connectivity index (χ3n) is 2.10. The number of benzene rings is 1. The molecular weight excluding hydrogens is 182 g/mol. The smallest absolute Gasteiger partial charge is 0.194 e. The van der Waals surface area contributed by atoms with E-state index in [0.717, 1.165) is 5.69 Å². The van der Waals surface area contributed by atoms with Gasteiger partial charge in [0.25, 0.3) is 0 Å². The molecule has 70 valence electrons. The molecule has 0 unspecified atom stereocenters. The first kappa shape index (κ1) is 7.31. The molecule has 1 aliphatic heterocycles. The topological polar surface area (TPSA) is 78.8 Å². The van der Waals surface area contributed by atoms with Gasteiger partial charge in [-0.25, -0.2) is 0 Å². The van der Waals surface area contributed by atoms with E-state index in [2.05, 4.69) is 15.5 Å². The molecule has 2 aromatic rings. The number of ether oxygens (including phenoxy) is 1. The number of fused-ring (bicyclic) bond motifs is 3. The normalized spacial score (nSPS) is 12.9. The molecule has 6 heteroatoms. The van der Waals surface area contributed by atoms with Crippen LogP contribution in [0.5, 0.6) is 5.75 Å². The van der Waals surface area contributed by atoms with Crippen LogP contribution < -0.4 is 10.5 Å². The molecule has 2 heterocycles. The van der Waals surface area contributed by atoms with Gasteiger partial charge >= 0.3 is 0 Å². The van der Waals surface area contributed by atoms with Gasteiger partial charge in [-0.2, -0.15) is 4.68 Å². The lowest BCUT2D eigenvalue weighted by Crippen LogP contribution is -2.14. The molecule has 0 spiro atoms. The van der Waals surface area contributed by atoms with E-state index >= 15 is 0 Å². The van der Waals surface area contributed by atoms with E-state index in [0.29, 0.717) is 23.9 Å². The summed E-state index contributed by atoms with van der Waals surface area (Å²) >= 11 is 0. The molecule has 0 saturated carbocycles. The summed E-state index contributed by atoms with van der Waals surface area (Å²) in [6.07, 6.45) is 0. The van der Waals surface area contributed by atoms with E-state index in [1.807, 2.05) is 6.07 Å². The maximum Gasteiger partial charge on any atom is 0.194 e. The van der Waals surface area contributed by atoms with Gasteiger partial charge in [-0.1, -0.05) is 0 Å². The van der Waals surface area contributed by atoms with Crippen molar-refractivity contribution in [1.29, 1.82) is 0 Å². The Morgan fingerprint density at radius 2 is 2.36 bits per heavy atom. The highest BCUT2D eigenvalue weighted by Gasteiger charge is 2.19. The van der Waals surface area contributed by atoms with Crippen LogP contribution >= 0.6 is 0 Å². The lowest BCUT2D eigenvalue weighted by atomic mass is 10.2. The van der Waals surface area contributed by atoms with Crippen molar-refractivity contribution in [2.45, 2.75) is 6.61 Å². The second kappa shape index (κ2) is 2.44. The average Bonchev–Trinajstić information content (AvgIpc) is 2.65. The zero-order valence-corrected chi connectivity index (χ0v) is 7.21. The fraction of sp³-hybridized carbons (Fsp3) is 0.125. The maximum absolute atomic E-state index is 5.64. The molecule has 1 aromatic heterocycles. The van der Waals surface area contributed by atoms with Gasteiger partial charge in [0.15, 0.2) is 5.82 Å². The zero-order chi connectivity index (χ0) is 9.54. The minimum absolute atomic E-state index is 0.378. The van der Waals surface area contributed by atoms with Crippen LogP contribution in [0.2, 0.25) is 0 Å². The van der Waals surface area contributed by atoms with E-state index < -0.39 is 0 Å². The lowest BCUT2D eigenvalue weighted by molar-refractivity contribution is 0.276. The Balaban J connectivity index is 2.26. The summed E-state index contributed by atoms with van der Waals surface area (Å²) in [4.78, 5) is 0. The van der Waals surface area contributed by atoms with Gasteiger partial charge in [0, 0.05) is 11.8 Å². The predicted molar refractivity (Wildman–Crippen MR) is 47.9 cm³/mol. The summed E-state index contributed by atoms with van der Waals surface area (Å²) in [6.45, 7) is 0.378. The Morgan fingerprint density at radius 3 is 3.29 bits per heavy atom. The molecule has 1 aliphatic rings. The molecule has 3 rings (SSSR count). The SMILES string of the molecule is Nc1ccc2c(c1)OCc1nnnn1-2. The van der Waals surface area contributed by atoms with Crippen molar-refractivity contribution in [3.05, 3.63) is 24.0 Å². The van der Waals surface area contributed by atoms with Crippen molar-refractivity contribution in [2.24, 2.45) is 0 Å². The summed E-state index contributed by atoms with van der Waals surface area (Å²) in [5.74, 6) is 1.41. The van der Waals surface area contributed by atoms with Crippen LogP contribution in [0.4, 0.5) is 5.69 Å². The number of tetrazole rings is 1. The zero-order valence-electron chi connectivity index (χ0n) is 7.21. The molecule has 2 N–H and O–H groups in total. The Bertz CT molecular complexity index is 492. The highest BCUT2D eigenvalue weighted by Crippen LogP contribution is 2.29. The molecule has 0 saturated heterocycles. The fourth-order valence-corrected chi connectivity index (χ4v) is 1.45. The van der Waals surface area contributed by atoms with E-state index in [1.165, 1.54) is 0 Å². The van der Waals surface area contributed by atoms with Crippen LogP contribution in [-0.4, -0.2) is 20.2 Å². The van der Waals surface area contributed by atoms with E-state index in [1.54, 1.807) is 16.8 Å². The van der Waals surface area contributed by atoms with Gasteiger partial charge in [-0.3, -0.25) is 0 Å². The summed E-state index contributed by atoms with van der Waals surface area (Å²) in [7, 11) is 0. The average molecular weight is 189 g/mol. The number of anilines is 1. The summed E-state index contributed by atoms with van der Waals surface area (Å²) < 4.78 is 7.10. The van der Waals surface area contributed by atoms with Gasteiger partial charge in [-0.05, 0) is 22.6 Å². The fourth-order valence-electron chi connectivity index (χ4n) is 1.45. The van der Waals surface area contributed by atoms with E-state index in [-0.39, 0.29) is 0 Å². The molecule has 0 radical (unpaired) electrons. The number of nitrogen functional groups attached to an aromatic ring is 1. The van der Waals surface area contributed by atoms with Crippen LogP contribution in [0, 0.1) is 0 Å². The lowest BCUT2D eigenvalue weighted by Gasteiger charge is -2.16. The van der Waals surface area contributed by atoms with Crippen molar-refractivity contribution in [3.8, 4) is 11.4 Å². The Hall–Kier alpha value is -2.11. The third kappa shape index (κ3) is 0.875. The van der Waals surface area contributed by atoms with Crippen molar-refractivity contribution in [2.75, 3.05) is 5.73 Å². The first-order valence-electron chi connectivity index (χ1n) is 4.14. The highest BCUT2D eigenvalue weighted by molar-refractivity contribution is 5.56. The monoisotopic (exact) mass is 189 g/mol. The third-order valence-corrected chi connectivity index (χ3v) is 2.10. The number of aromatic nitrogens is 4. The van der Waals surface area contributed by atoms with Crippen molar-refractivity contribution in [3.63, 3.8) is 0 Å². The van der Waals surface area contributed by atoms with Crippen molar-refractivity contribution < 1.29 is 4.74 Å². The number of nitrogens with zero attached hydrogens (tertiary/aromatic N) is 4. The highest BCUT2D eigenvalue weighted by atomic mass is 16.5. The molecule has 14 heavy (non-hydrogen) atoms. The standard InChI is InChI=1S/C8H7N5O/c9-5-1-2-6-7(3-5)14-4-8-10-11-12-13(6)8/h1-3H,4,9H2.